The van der Waals surface area contributed by atoms with Crippen molar-refractivity contribution in [2.24, 2.45) is 5.92 Å². The fraction of sp³-hybridized carbons (Fsp3) is 0.423. The Labute approximate surface area is 195 Å². The zero-order valence-electron chi connectivity index (χ0n) is 19.2. The zero-order chi connectivity index (χ0) is 23.2. The molecule has 0 unspecified atom stereocenters. The maximum Gasteiger partial charge on any atom is 0.253 e. The van der Waals surface area contributed by atoms with Crippen LogP contribution in [0.4, 0.5) is 11.4 Å². The summed E-state index contributed by atoms with van der Waals surface area (Å²) in [4.78, 5) is 41.6. The number of piperidine rings is 1. The molecule has 2 fully saturated rings. The third-order valence-corrected chi connectivity index (χ3v) is 6.42. The molecule has 174 valence electrons. The van der Waals surface area contributed by atoms with E-state index in [0.717, 1.165) is 57.5 Å². The predicted molar refractivity (Wildman–Crippen MR) is 129 cm³/mol. The molecule has 2 aliphatic heterocycles. The van der Waals surface area contributed by atoms with Gasteiger partial charge in [-0.3, -0.25) is 14.4 Å². The van der Waals surface area contributed by atoms with Gasteiger partial charge in [0.1, 0.15) is 0 Å². The van der Waals surface area contributed by atoms with Crippen LogP contribution in [0.25, 0.3) is 0 Å². The second-order valence-corrected chi connectivity index (χ2v) is 9.04. The van der Waals surface area contributed by atoms with Gasteiger partial charge in [-0.2, -0.15) is 0 Å². The van der Waals surface area contributed by atoms with Crippen LogP contribution < -0.4 is 10.6 Å². The average Bonchev–Trinajstić information content (AvgIpc) is 3.38. The summed E-state index contributed by atoms with van der Waals surface area (Å²) < 4.78 is 0. The van der Waals surface area contributed by atoms with Crippen LogP contribution in [-0.2, 0) is 4.79 Å². The summed E-state index contributed by atoms with van der Waals surface area (Å²) in [6.45, 7) is 5.44. The molecule has 2 heterocycles. The normalized spacial score (nSPS) is 16.5. The maximum absolute atomic E-state index is 12.8. The molecule has 2 saturated heterocycles. The van der Waals surface area contributed by atoms with Crippen molar-refractivity contribution in [3.8, 4) is 0 Å². The van der Waals surface area contributed by atoms with Gasteiger partial charge < -0.3 is 20.4 Å². The standard InChI is InChI=1S/C26H32N4O3/c1-19-10-14-30(15-11-19)26(33)20-6-4-8-22(16-20)27-18-24(31)28-23-9-5-7-21(17-23)25(32)29-12-2-3-13-29/h4-9,16-17,19,27H,2-3,10-15,18H2,1H3,(H,28,31). The van der Waals surface area contributed by atoms with Gasteiger partial charge in [-0.1, -0.05) is 19.1 Å². The lowest BCUT2D eigenvalue weighted by Crippen LogP contribution is -2.37. The number of hydrogen-bond acceptors (Lipinski definition) is 4. The number of rotatable bonds is 6. The number of hydrogen-bond donors (Lipinski definition) is 2. The molecular weight excluding hydrogens is 416 g/mol. The van der Waals surface area contributed by atoms with Crippen molar-refractivity contribution < 1.29 is 14.4 Å². The van der Waals surface area contributed by atoms with E-state index in [9.17, 15) is 14.4 Å². The smallest absolute Gasteiger partial charge is 0.253 e. The third kappa shape index (κ3) is 5.92. The van der Waals surface area contributed by atoms with Gasteiger partial charge in [0.2, 0.25) is 5.91 Å². The number of nitrogens with one attached hydrogen (secondary N) is 2. The highest BCUT2D eigenvalue weighted by molar-refractivity contribution is 5.98. The quantitative estimate of drug-likeness (QED) is 0.703. The molecule has 4 rings (SSSR count). The van der Waals surface area contributed by atoms with Gasteiger partial charge in [-0.05, 0) is 68.0 Å². The van der Waals surface area contributed by atoms with Crippen molar-refractivity contribution in [3.63, 3.8) is 0 Å². The van der Waals surface area contributed by atoms with Gasteiger partial charge in [-0.25, -0.2) is 0 Å². The Morgan fingerprint density at radius 1 is 0.818 bits per heavy atom. The van der Waals surface area contributed by atoms with Crippen molar-refractivity contribution in [2.45, 2.75) is 32.6 Å². The number of carbonyl (C=O) groups is 3. The van der Waals surface area contributed by atoms with E-state index >= 15 is 0 Å². The van der Waals surface area contributed by atoms with Gasteiger partial charge in [0, 0.05) is 48.7 Å². The van der Waals surface area contributed by atoms with E-state index in [4.69, 9.17) is 0 Å². The average molecular weight is 449 g/mol. The van der Waals surface area contributed by atoms with Crippen LogP contribution in [0, 0.1) is 5.92 Å². The Kier molecular flexibility index (Phi) is 7.27. The first-order valence-corrected chi connectivity index (χ1v) is 11.8. The molecule has 3 amide bonds. The van der Waals surface area contributed by atoms with Crippen molar-refractivity contribution in [1.82, 2.24) is 9.80 Å². The number of nitrogens with zero attached hydrogens (tertiary/aromatic N) is 2. The fourth-order valence-electron chi connectivity index (χ4n) is 4.38. The molecule has 2 aliphatic rings. The van der Waals surface area contributed by atoms with Crippen LogP contribution in [0.15, 0.2) is 48.5 Å². The molecule has 33 heavy (non-hydrogen) atoms. The molecule has 7 heteroatoms. The van der Waals surface area contributed by atoms with E-state index in [1.165, 1.54) is 0 Å². The van der Waals surface area contributed by atoms with Gasteiger partial charge in [0.05, 0.1) is 6.54 Å². The fourth-order valence-corrected chi connectivity index (χ4v) is 4.38. The number of carbonyl (C=O) groups excluding carboxylic acids is 3. The lowest BCUT2D eigenvalue weighted by Gasteiger charge is -2.30. The summed E-state index contributed by atoms with van der Waals surface area (Å²) in [6.07, 6.45) is 4.15. The van der Waals surface area contributed by atoms with Gasteiger partial charge in [-0.15, -0.1) is 0 Å². The minimum atomic E-state index is -0.220. The van der Waals surface area contributed by atoms with Gasteiger partial charge in [0.25, 0.3) is 11.8 Å². The molecule has 0 saturated carbocycles. The van der Waals surface area contributed by atoms with E-state index in [0.29, 0.717) is 22.7 Å². The molecule has 2 N–H and O–H groups in total. The van der Waals surface area contributed by atoms with Gasteiger partial charge >= 0.3 is 0 Å². The second-order valence-electron chi connectivity index (χ2n) is 9.04. The summed E-state index contributed by atoms with van der Waals surface area (Å²) in [5.74, 6) is 0.489. The van der Waals surface area contributed by atoms with Crippen LogP contribution in [-0.4, -0.2) is 60.2 Å². The van der Waals surface area contributed by atoms with E-state index in [1.807, 2.05) is 28.0 Å². The number of amides is 3. The highest BCUT2D eigenvalue weighted by Gasteiger charge is 2.22. The second kappa shape index (κ2) is 10.5. The highest BCUT2D eigenvalue weighted by atomic mass is 16.2. The Balaban J connectivity index is 1.31. The Hall–Kier alpha value is -3.35. The van der Waals surface area contributed by atoms with Crippen molar-refractivity contribution in [2.75, 3.05) is 43.4 Å². The van der Waals surface area contributed by atoms with E-state index in [-0.39, 0.29) is 24.3 Å². The summed E-state index contributed by atoms with van der Waals surface area (Å²) in [6, 6.07) is 14.3. The van der Waals surface area contributed by atoms with Gasteiger partial charge in [0.15, 0.2) is 0 Å². The first-order chi connectivity index (χ1) is 16.0. The van der Waals surface area contributed by atoms with E-state index in [1.54, 1.807) is 30.3 Å². The summed E-state index contributed by atoms with van der Waals surface area (Å²) in [7, 11) is 0. The number of likely N-dealkylation sites (tertiary alicyclic amines) is 2. The molecule has 0 atom stereocenters. The molecule has 0 aliphatic carbocycles. The molecular formula is C26H32N4O3. The van der Waals surface area contributed by atoms with E-state index in [2.05, 4.69) is 17.6 Å². The molecule has 0 bridgehead atoms. The SMILES string of the molecule is CC1CCN(C(=O)c2cccc(NCC(=O)Nc3cccc(C(=O)N4CCCC4)c3)c2)CC1. The lowest BCUT2D eigenvalue weighted by atomic mass is 9.98. The summed E-state index contributed by atoms with van der Waals surface area (Å²) in [5.41, 5.74) is 2.53. The topological polar surface area (TPSA) is 81.8 Å². The molecule has 0 aromatic heterocycles. The van der Waals surface area contributed by atoms with Crippen molar-refractivity contribution >= 4 is 29.1 Å². The highest BCUT2D eigenvalue weighted by Crippen LogP contribution is 2.20. The van der Waals surface area contributed by atoms with E-state index < -0.39 is 0 Å². The largest absolute Gasteiger partial charge is 0.376 e. The first-order valence-electron chi connectivity index (χ1n) is 11.8. The third-order valence-electron chi connectivity index (χ3n) is 6.42. The first kappa shape index (κ1) is 22.8. The monoisotopic (exact) mass is 448 g/mol. The minimum Gasteiger partial charge on any atom is -0.376 e. The zero-order valence-corrected chi connectivity index (χ0v) is 19.2. The van der Waals surface area contributed by atoms with Crippen LogP contribution >= 0.6 is 0 Å². The van der Waals surface area contributed by atoms with Crippen molar-refractivity contribution in [1.29, 1.82) is 0 Å². The number of benzene rings is 2. The lowest BCUT2D eigenvalue weighted by molar-refractivity contribution is -0.114. The molecule has 7 nitrogen and oxygen atoms in total. The maximum atomic E-state index is 12.8. The molecule has 0 spiro atoms. The number of anilines is 2. The summed E-state index contributed by atoms with van der Waals surface area (Å²) >= 11 is 0. The molecule has 2 aromatic carbocycles. The predicted octanol–water partition coefficient (Wildman–Crippen LogP) is 3.85. The Morgan fingerprint density at radius 2 is 1.36 bits per heavy atom. The van der Waals surface area contributed by atoms with Crippen LogP contribution in [0.5, 0.6) is 0 Å². The molecule has 0 radical (unpaired) electrons. The summed E-state index contributed by atoms with van der Waals surface area (Å²) in [5, 5.41) is 5.94. The minimum absolute atomic E-state index is 0.00590. The Bertz CT molecular complexity index is 1010. The Morgan fingerprint density at radius 3 is 2.00 bits per heavy atom. The van der Waals surface area contributed by atoms with Crippen LogP contribution in [0.3, 0.4) is 0 Å². The van der Waals surface area contributed by atoms with Crippen molar-refractivity contribution in [3.05, 3.63) is 59.7 Å². The molecule has 2 aromatic rings. The van der Waals surface area contributed by atoms with Crippen LogP contribution in [0.2, 0.25) is 0 Å². The van der Waals surface area contributed by atoms with Crippen LogP contribution in [0.1, 0.15) is 53.3 Å².